The molecule has 0 aliphatic rings. The van der Waals surface area contributed by atoms with Crippen LogP contribution >= 0.6 is 11.3 Å². The lowest BCUT2D eigenvalue weighted by atomic mass is 10.1. The van der Waals surface area contributed by atoms with E-state index in [1.807, 2.05) is 42.0 Å². The number of carbonyl (C=O) groups excluding carboxylic acids is 1. The van der Waals surface area contributed by atoms with Crippen molar-refractivity contribution in [3.05, 3.63) is 95.4 Å². The monoisotopic (exact) mass is 452 g/mol. The van der Waals surface area contributed by atoms with E-state index in [9.17, 15) is 13.2 Å². The summed E-state index contributed by atoms with van der Waals surface area (Å²) in [6.45, 7) is 2.32. The third-order valence-electron chi connectivity index (χ3n) is 4.65. The smallest absolute Gasteiger partial charge is 0.271 e. The molecule has 31 heavy (non-hydrogen) atoms. The molecule has 2 N–H and O–H groups in total. The average molecular weight is 453 g/mol. The Labute approximate surface area is 184 Å². The van der Waals surface area contributed by atoms with Gasteiger partial charge in [0.1, 0.15) is 10.0 Å². The minimum atomic E-state index is -3.61. The molecule has 0 aliphatic carbocycles. The third-order valence-corrected chi connectivity index (χ3v) is 7.43. The first-order valence-electron chi connectivity index (χ1n) is 9.46. The fourth-order valence-corrected chi connectivity index (χ4v) is 5.07. The van der Waals surface area contributed by atoms with E-state index in [4.69, 9.17) is 0 Å². The molecule has 158 valence electrons. The Bertz CT molecular complexity index is 1280. The highest BCUT2D eigenvalue weighted by molar-refractivity contribution is 7.94. The van der Waals surface area contributed by atoms with Gasteiger partial charge in [-0.05, 0) is 60.3 Å². The zero-order valence-electron chi connectivity index (χ0n) is 16.6. The average Bonchev–Trinajstić information content (AvgIpc) is 3.45. The molecule has 7 nitrogen and oxygen atoms in total. The highest BCUT2D eigenvalue weighted by Crippen LogP contribution is 2.20. The lowest BCUT2D eigenvalue weighted by Gasteiger charge is -2.09. The van der Waals surface area contributed by atoms with E-state index in [0.717, 1.165) is 28.4 Å². The molecular weight excluding hydrogens is 432 g/mol. The lowest BCUT2D eigenvalue weighted by molar-refractivity contribution is 0.0951. The summed E-state index contributed by atoms with van der Waals surface area (Å²) in [7, 11) is -3.61. The Hall–Kier alpha value is -3.43. The van der Waals surface area contributed by atoms with Gasteiger partial charge in [0, 0.05) is 35.9 Å². The van der Waals surface area contributed by atoms with Crippen molar-refractivity contribution in [2.75, 3.05) is 4.72 Å². The van der Waals surface area contributed by atoms with Crippen LogP contribution in [0.2, 0.25) is 0 Å². The lowest BCUT2D eigenvalue weighted by Crippen LogP contribution is -2.22. The molecule has 0 bridgehead atoms. The number of imidazole rings is 1. The predicted octanol–water partition coefficient (Wildman–Crippen LogP) is 3.97. The number of nitrogens with zero attached hydrogens (tertiary/aromatic N) is 2. The number of rotatable bonds is 7. The molecule has 0 unspecified atom stereocenters. The number of hydrogen-bond donors (Lipinski definition) is 2. The zero-order valence-corrected chi connectivity index (χ0v) is 18.3. The van der Waals surface area contributed by atoms with Crippen LogP contribution in [0.5, 0.6) is 0 Å². The second kappa shape index (κ2) is 8.75. The Morgan fingerprint density at radius 3 is 2.42 bits per heavy atom. The maximum atomic E-state index is 12.4. The Morgan fingerprint density at radius 1 is 1.06 bits per heavy atom. The first kappa shape index (κ1) is 20.8. The van der Waals surface area contributed by atoms with Crippen LogP contribution in [0.15, 0.2) is 82.6 Å². The molecular formula is C22H20N4O3S2. The van der Waals surface area contributed by atoms with Gasteiger partial charge in [0.25, 0.3) is 15.9 Å². The van der Waals surface area contributed by atoms with Crippen molar-refractivity contribution in [1.29, 1.82) is 0 Å². The number of anilines is 1. The van der Waals surface area contributed by atoms with Crippen LogP contribution in [0.1, 0.15) is 21.7 Å². The first-order valence-corrected chi connectivity index (χ1v) is 11.8. The van der Waals surface area contributed by atoms with Crippen LogP contribution in [0.4, 0.5) is 5.69 Å². The summed E-state index contributed by atoms with van der Waals surface area (Å²) in [4.78, 5) is 16.7. The van der Waals surface area contributed by atoms with Crippen LogP contribution in [0, 0.1) is 6.92 Å². The van der Waals surface area contributed by atoms with Gasteiger partial charge in [-0.15, -0.1) is 11.3 Å². The predicted molar refractivity (Wildman–Crippen MR) is 121 cm³/mol. The van der Waals surface area contributed by atoms with E-state index >= 15 is 0 Å². The summed E-state index contributed by atoms with van der Waals surface area (Å²) in [6, 6.07) is 17.4. The number of benzene rings is 2. The highest BCUT2D eigenvalue weighted by atomic mass is 32.2. The Morgan fingerprint density at radius 2 is 1.81 bits per heavy atom. The van der Waals surface area contributed by atoms with Gasteiger partial charge in [-0.1, -0.05) is 18.2 Å². The van der Waals surface area contributed by atoms with Crippen LogP contribution in [0.3, 0.4) is 0 Å². The quantitative estimate of drug-likeness (QED) is 0.444. The summed E-state index contributed by atoms with van der Waals surface area (Å²) >= 11 is 1.14. The van der Waals surface area contributed by atoms with E-state index in [0.29, 0.717) is 17.8 Å². The maximum Gasteiger partial charge on any atom is 0.271 e. The number of aryl methyl sites for hydroxylation is 1. The van der Waals surface area contributed by atoms with Crippen molar-refractivity contribution in [2.45, 2.75) is 17.7 Å². The van der Waals surface area contributed by atoms with Gasteiger partial charge >= 0.3 is 0 Å². The van der Waals surface area contributed by atoms with Gasteiger partial charge in [0.05, 0.1) is 0 Å². The van der Waals surface area contributed by atoms with Crippen LogP contribution in [0.25, 0.3) is 5.69 Å². The topological polar surface area (TPSA) is 93.1 Å². The summed E-state index contributed by atoms with van der Waals surface area (Å²) in [5.41, 5.74) is 2.82. The van der Waals surface area contributed by atoms with Crippen molar-refractivity contribution >= 4 is 33.0 Å². The summed E-state index contributed by atoms with van der Waals surface area (Å²) < 4.78 is 29.3. The molecule has 0 aliphatic heterocycles. The molecule has 4 aromatic rings. The summed E-state index contributed by atoms with van der Waals surface area (Å²) in [5, 5.41) is 4.58. The first-order chi connectivity index (χ1) is 14.9. The minimum Gasteiger partial charge on any atom is -0.348 e. The molecule has 1 amide bonds. The molecule has 0 atom stereocenters. The molecule has 9 heteroatoms. The molecule has 0 saturated carbocycles. The van der Waals surface area contributed by atoms with E-state index < -0.39 is 10.0 Å². The van der Waals surface area contributed by atoms with Gasteiger partial charge < -0.3 is 9.88 Å². The second-order valence-electron chi connectivity index (χ2n) is 6.81. The number of aromatic nitrogens is 2. The number of sulfonamides is 1. The van der Waals surface area contributed by atoms with Crippen molar-refractivity contribution in [3.63, 3.8) is 0 Å². The van der Waals surface area contributed by atoms with Crippen LogP contribution < -0.4 is 10.0 Å². The van der Waals surface area contributed by atoms with E-state index in [2.05, 4.69) is 15.0 Å². The van der Waals surface area contributed by atoms with Gasteiger partial charge in [-0.25, -0.2) is 13.4 Å². The maximum absolute atomic E-state index is 12.4. The largest absolute Gasteiger partial charge is 0.348 e. The standard InChI is InChI=1S/C22H20N4O3S2/c1-16-23-12-13-26(16)20-10-4-17(5-11-20)15-24-22(27)18-6-8-19(9-7-18)25-31(28,29)21-3-2-14-30-21/h2-14,25H,15H2,1H3,(H,24,27). The van der Waals surface area contributed by atoms with E-state index in [1.165, 1.54) is 6.07 Å². The molecule has 0 saturated heterocycles. The molecule has 2 aromatic heterocycles. The number of nitrogens with one attached hydrogen (secondary N) is 2. The van der Waals surface area contributed by atoms with Gasteiger partial charge in [-0.2, -0.15) is 0 Å². The minimum absolute atomic E-state index is 0.234. The van der Waals surface area contributed by atoms with Crippen molar-refractivity contribution < 1.29 is 13.2 Å². The second-order valence-corrected chi connectivity index (χ2v) is 9.67. The summed E-state index contributed by atoms with van der Waals surface area (Å²) in [5.74, 6) is 0.671. The van der Waals surface area contributed by atoms with Crippen molar-refractivity contribution in [2.24, 2.45) is 0 Å². The molecule has 4 rings (SSSR count). The number of hydrogen-bond acceptors (Lipinski definition) is 5. The Balaban J connectivity index is 1.35. The van der Waals surface area contributed by atoms with Crippen LogP contribution in [-0.4, -0.2) is 23.9 Å². The van der Waals surface area contributed by atoms with Crippen molar-refractivity contribution in [3.8, 4) is 5.69 Å². The highest BCUT2D eigenvalue weighted by Gasteiger charge is 2.15. The zero-order chi connectivity index (χ0) is 21.8. The van der Waals surface area contributed by atoms with E-state index in [1.54, 1.807) is 41.9 Å². The van der Waals surface area contributed by atoms with Crippen molar-refractivity contribution in [1.82, 2.24) is 14.9 Å². The molecule has 0 radical (unpaired) electrons. The normalized spacial score (nSPS) is 11.3. The van der Waals surface area contributed by atoms with Gasteiger partial charge in [0.2, 0.25) is 0 Å². The van der Waals surface area contributed by atoms with Gasteiger partial charge in [-0.3, -0.25) is 9.52 Å². The Kier molecular flexibility index (Phi) is 5.88. The third kappa shape index (κ3) is 4.84. The summed E-state index contributed by atoms with van der Waals surface area (Å²) in [6.07, 6.45) is 3.65. The molecule has 0 spiro atoms. The molecule has 2 aromatic carbocycles. The number of thiophene rings is 1. The number of carbonyl (C=O) groups is 1. The fourth-order valence-electron chi connectivity index (χ4n) is 3.02. The number of amides is 1. The van der Waals surface area contributed by atoms with Gasteiger partial charge in [0.15, 0.2) is 0 Å². The molecule has 2 heterocycles. The SMILES string of the molecule is Cc1nccn1-c1ccc(CNC(=O)c2ccc(NS(=O)(=O)c3cccs3)cc2)cc1. The molecule has 0 fully saturated rings. The van der Waals surface area contributed by atoms with E-state index in [-0.39, 0.29) is 10.1 Å². The fraction of sp³-hybridized carbons (Fsp3) is 0.0909. The van der Waals surface area contributed by atoms with Crippen LogP contribution in [-0.2, 0) is 16.6 Å².